The fraction of sp³-hybridized carbons (Fsp3) is 0.800. The number of carbonyl (C=O) groups is 1. The molecule has 0 aromatic heterocycles. The Hall–Kier alpha value is -0.920. The van der Waals surface area contributed by atoms with Gasteiger partial charge in [-0.2, -0.15) is 4.31 Å². The minimum atomic E-state index is -3.30. The van der Waals surface area contributed by atoms with Crippen molar-refractivity contribution in [2.75, 3.05) is 38.5 Å². The first kappa shape index (κ1) is 17.4. The lowest BCUT2D eigenvalue weighted by atomic mass is 9.97. The van der Waals surface area contributed by atoms with Crippen LogP contribution in [0.5, 0.6) is 0 Å². The Morgan fingerprint density at radius 2 is 2.05 bits per heavy atom. The van der Waals surface area contributed by atoms with Crippen LogP contribution in [0.1, 0.15) is 38.5 Å². The molecule has 0 saturated carbocycles. The van der Waals surface area contributed by atoms with E-state index in [1.807, 2.05) is 0 Å². The first-order valence-electron chi connectivity index (χ1n) is 8.21. The van der Waals surface area contributed by atoms with Crippen LogP contribution in [0.25, 0.3) is 0 Å². The smallest absolute Gasteiger partial charge is 0.221 e. The van der Waals surface area contributed by atoms with Crippen LogP contribution < -0.4 is 10.6 Å². The molecule has 22 heavy (non-hydrogen) atoms. The van der Waals surface area contributed by atoms with E-state index in [0.29, 0.717) is 32.7 Å². The molecule has 0 bridgehead atoms. The van der Waals surface area contributed by atoms with Gasteiger partial charge in [-0.3, -0.25) is 4.79 Å². The van der Waals surface area contributed by atoms with Crippen molar-refractivity contribution in [3.63, 3.8) is 0 Å². The maximum atomic E-state index is 12.1. The van der Waals surface area contributed by atoms with Gasteiger partial charge in [0.15, 0.2) is 0 Å². The van der Waals surface area contributed by atoms with E-state index in [1.54, 1.807) is 0 Å². The third-order valence-corrected chi connectivity index (χ3v) is 6.08. The van der Waals surface area contributed by atoms with Crippen LogP contribution in [0, 0.1) is 0 Å². The zero-order chi connectivity index (χ0) is 15.8. The molecule has 0 atom stereocenters. The van der Waals surface area contributed by atoms with E-state index in [2.05, 4.69) is 16.7 Å². The Morgan fingerprint density at radius 3 is 2.73 bits per heavy atom. The predicted octanol–water partition coefficient (Wildman–Crippen LogP) is 0.618. The van der Waals surface area contributed by atoms with Crippen molar-refractivity contribution in [3.8, 4) is 0 Å². The van der Waals surface area contributed by atoms with Gasteiger partial charge in [-0.05, 0) is 32.1 Å². The summed E-state index contributed by atoms with van der Waals surface area (Å²) in [7, 11) is -3.30. The number of hydrogen-bond acceptors (Lipinski definition) is 4. The summed E-state index contributed by atoms with van der Waals surface area (Å²) in [5, 5.41) is 5.95. The average Bonchev–Trinajstić information content (AvgIpc) is 2.55. The van der Waals surface area contributed by atoms with E-state index >= 15 is 0 Å². The van der Waals surface area contributed by atoms with Gasteiger partial charge in [-0.1, -0.05) is 11.6 Å². The van der Waals surface area contributed by atoms with Crippen molar-refractivity contribution in [1.82, 2.24) is 14.9 Å². The van der Waals surface area contributed by atoms with Crippen LogP contribution in [0.3, 0.4) is 0 Å². The van der Waals surface area contributed by atoms with E-state index in [1.165, 1.54) is 22.7 Å². The molecule has 2 aliphatic rings. The number of nitrogens with one attached hydrogen (secondary N) is 2. The summed E-state index contributed by atoms with van der Waals surface area (Å²) in [6.45, 7) is 2.97. The average molecular weight is 329 g/mol. The van der Waals surface area contributed by atoms with E-state index < -0.39 is 10.0 Å². The molecule has 0 radical (unpaired) electrons. The molecule has 0 aromatic carbocycles. The van der Waals surface area contributed by atoms with E-state index in [0.717, 1.165) is 19.3 Å². The third kappa shape index (κ3) is 5.70. The van der Waals surface area contributed by atoms with Gasteiger partial charge in [-0.15, -0.1) is 0 Å². The second-order valence-electron chi connectivity index (χ2n) is 5.92. The highest BCUT2D eigenvalue weighted by Crippen LogP contribution is 2.19. The number of hydrogen-bond donors (Lipinski definition) is 2. The topological polar surface area (TPSA) is 78.5 Å². The molecular formula is C15H27N3O3S. The predicted molar refractivity (Wildman–Crippen MR) is 87.0 cm³/mol. The summed E-state index contributed by atoms with van der Waals surface area (Å²) in [5.41, 5.74) is 1.42. The lowest BCUT2D eigenvalue weighted by molar-refractivity contribution is -0.120. The molecule has 1 aliphatic heterocycles. The van der Waals surface area contributed by atoms with Gasteiger partial charge in [0.05, 0.1) is 5.75 Å². The summed E-state index contributed by atoms with van der Waals surface area (Å²) >= 11 is 0. The van der Waals surface area contributed by atoms with Crippen LogP contribution in [-0.4, -0.2) is 57.1 Å². The quantitative estimate of drug-likeness (QED) is 0.671. The lowest BCUT2D eigenvalue weighted by Crippen LogP contribution is -2.47. The zero-order valence-corrected chi connectivity index (χ0v) is 14.0. The van der Waals surface area contributed by atoms with Gasteiger partial charge in [0.25, 0.3) is 0 Å². The van der Waals surface area contributed by atoms with Gasteiger partial charge in [0, 0.05) is 39.1 Å². The normalized spacial score (nSPS) is 20.5. The molecule has 1 saturated heterocycles. The number of carbonyl (C=O) groups excluding carboxylic acids is 1. The van der Waals surface area contributed by atoms with Crippen molar-refractivity contribution >= 4 is 15.9 Å². The molecule has 1 heterocycles. The molecule has 126 valence electrons. The number of rotatable bonds is 7. The number of amides is 1. The fourth-order valence-electron chi connectivity index (χ4n) is 2.86. The van der Waals surface area contributed by atoms with Gasteiger partial charge in [0.1, 0.15) is 0 Å². The first-order valence-corrected chi connectivity index (χ1v) is 9.82. The molecule has 0 aromatic rings. The maximum Gasteiger partial charge on any atom is 0.221 e. The van der Waals surface area contributed by atoms with Crippen molar-refractivity contribution in [3.05, 3.63) is 11.6 Å². The summed E-state index contributed by atoms with van der Waals surface area (Å²) in [5.74, 6) is -0.267. The van der Waals surface area contributed by atoms with E-state index in [9.17, 15) is 13.2 Å². The molecule has 1 amide bonds. The maximum absolute atomic E-state index is 12.1. The molecule has 1 fully saturated rings. The van der Waals surface area contributed by atoms with E-state index in [4.69, 9.17) is 0 Å². The van der Waals surface area contributed by atoms with Crippen molar-refractivity contribution in [2.24, 2.45) is 0 Å². The summed E-state index contributed by atoms with van der Waals surface area (Å²) in [6, 6.07) is 0. The number of allylic oxidation sites excluding steroid dienone is 1. The monoisotopic (exact) mass is 329 g/mol. The molecular weight excluding hydrogens is 302 g/mol. The second-order valence-corrected chi connectivity index (χ2v) is 8.01. The molecule has 0 spiro atoms. The Balaban J connectivity index is 1.65. The molecule has 2 rings (SSSR count). The minimum absolute atomic E-state index is 0.0469. The van der Waals surface area contributed by atoms with Crippen molar-refractivity contribution in [1.29, 1.82) is 0 Å². The lowest BCUT2D eigenvalue weighted by Gasteiger charge is -2.26. The number of sulfonamides is 1. The Kier molecular flexibility index (Phi) is 6.85. The van der Waals surface area contributed by atoms with Gasteiger partial charge < -0.3 is 10.6 Å². The van der Waals surface area contributed by atoms with Crippen LogP contribution in [0.2, 0.25) is 0 Å². The minimum Gasteiger partial charge on any atom is -0.356 e. The molecule has 1 aliphatic carbocycles. The van der Waals surface area contributed by atoms with Crippen molar-refractivity contribution < 1.29 is 13.2 Å². The summed E-state index contributed by atoms with van der Waals surface area (Å²) in [6.07, 6.45) is 7.98. The molecule has 2 N–H and O–H groups in total. The van der Waals surface area contributed by atoms with Crippen LogP contribution in [0.15, 0.2) is 11.6 Å². The van der Waals surface area contributed by atoms with E-state index in [-0.39, 0.29) is 18.1 Å². The Labute approximate surface area is 133 Å². The highest BCUT2D eigenvalue weighted by atomic mass is 32.2. The highest BCUT2D eigenvalue weighted by Gasteiger charge is 2.24. The van der Waals surface area contributed by atoms with Gasteiger partial charge in [0.2, 0.25) is 15.9 Å². The highest BCUT2D eigenvalue weighted by molar-refractivity contribution is 7.89. The fourth-order valence-corrected chi connectivity index (χ4v) is 4.30. The number of nitrogens with zero attached hydrogens (tertiary/aromatic N) is 1. The summed E-state index contributed by atoms with van der Waals surface area (Å²) in [4.78, 5) is 11.8. The Bertz CT molecular complexity index is 496. The number of piperazine rings is 1. The first-order chi connectivity index (χ1) is 10.6. The van der Waals surface area contributed by atoms with Crippen LogP contribution in [0.4, 0.5) is 0 Å². The standard InChI is InChI=1S/C15H27N3O3S/c19-15(17-8-6-14-4-2-1-3-5-14)7-13-22(20,21)18-11-9-16-10-12-18/h4,16H,1-3,5-13H2,(H,17,19). The third-order valence-electron chi connectivity index (χ3n) is 4.21. The molecule has 0 unspecified atom stereocenters. The summed E-state index contributed by atoms with van der Waals surface area (Å²) < 4.78 is 25.7. The van der Waals surface area contributed by atoms with Gasteiger partial charge >= 0.3 is 0 Å². The Morgan fingerprint density at radius 1 is 1.27 bits per heavy atom. The largest absolute Gasteiger partial charge is 0.356 e. The SMILES string of the molecule is O=C(CCS(=O)(=O)N1CCNCC1)NCCC1=CCCCC1. The molecule has 6 nitrogen and oxygen atoms in total. The second kappa shape index (κ2) is 8.64. The van der Waals surface area contributed by atoms with Crippen molar-refractivity contribution in [2.45, 2.75) is 38.5 Å². The zero-order valence-electron chi connectivity index (χ0n) is 13.1. The van der Waals surface area contributed by atoms with Crippen LogP contribution >= 0.6 is 0 Å². The molecule has 7 heteroatoms. The van der Waals surface area contributed by atoms with Gasteiger partial charge in [-0.25, -0.2) is 8.42 Å². The van der Waals surface area contributed by atoms with Crippen LogP contribution in [-0.2, 0) is 14.8 Å².